The highest BCUT2D eigenvalue weighted by atomic mass is 19.2. The summed E-state index contributed by atoms with van der Waals surface area (Å²) in [7, 11) is 1.18. The number of esters is 1. The molecule has 0 saturated heterocycles. The zero-order chi connectivity index (χ0) is 19.4. The van der Waals surface area contributed by atoms with E-state index in [2.05, 4.69) is 0 Å². The molecule has 0 radical (unpaired) electrons. The van der Waals surface area contributed by atoms with Crippen LogP contribution in [0.3, 0.4) is 0 Å². The smallest absolute Gasteiger partial charge is 0.309 e. The average molecular weight is 372 g/mol. The van der Waals surface area contributed by atoms with Gasteiger partial charge in [-0.05, 0) is 32.6 Å². The zero-order valence-corrected chi connectivity index (χ0v) is 15.3. The van der Waals surface area contributed by atoms with Crippen LogP contribution in [-0.4, -0.2) is 13.1 Å². The number of carbonyl (C=O) groups excluding carboxylic acids is 1. The van der Waals surface area contributed by atoms with Gasteiger partial charge in [0.2, 0.25) is 0 Å². The molecule has 1 aliphatic rings. The van der Waals surface area contributed by atoms with Gasteiger partial charge in [0, 0.05) is 17.0 Å². The Bertz CT molecular complexity index is 683. The van der Waals surface area contributed by atoms with E-state index in [9.17, 15) is 22.4 Å². The van der Waals surface area contributed by atoms with Crippen molar-refractivity contribution in [1.82, 2.24) is 0 Å². The second kappa shape index (κ2) is 8.69. The molecular weight excluding hydrogens is 348 g/mol. The number of rotatable bonds is 6. The molecule has 0 amide bonds. The first kappa shape index (κ1) is 20.5. The van der Waals surface area contributed by atoms with E-state index < -0.39 is 52.2 Å². The van der Waals surface area contributed by atoms with Crippen molar-refractivity contribution in [3.05, 3.63) is 46.0 Å². The summed E-state index contributed by atoms with van der Waals surface area (Å²) in [6, 6.07) is 0. The third-order valence-electron chi connectivity index (χ3n) is 5.00. The molecule has 0 unspecified atom stereocenters. The third-order valence-corrected chi connectivity index (χ3v) is 5.00. The number of benzene rings is 1. The van der Waals surface area contributed by atoms with Gasteiger partial charge in [0.1, 0.15) is 0 Å². The third kappa shape index (κ3) is 3.94. The maximum atomic E-state index is 14.7. The minimum Gasteiger partial charge on any atom is -0.469 e. The molecule has 2 rings (SSSR count). The molecule has 0 fully saturated rings. The minimum atomic E-state index is -1.42. The number of unbranched alkanes of at least 4 members (excludes halogenated alkanes) is 2. The Morgan fingerprint density at radius 1 is 1.12 bits per heavy atom. The lowest BCUT2D eigenvalue weighted by Gasteiger charge is -2.29. The topological polar surface area (TPSA) is 26.3 Å². The molecule has 0 N–H and O–H groups in total. The van der Waals surface area contributed by atoms with E-state index in [0.717, 1.165) is 12.0 Å². The van der Waals surface area contributed by atoms with E-state index in [0.29, 0.717) is 25.7 Å². The molecule has 0 saturated carbocycles. The fraction of sp³-hybridized carbons (Fsp3) is 0.550. The number of allylic oxidation sites excluding steroid dienone is 2. The predicted octanol–water partition coefficient (Wildman–Crippen LogP) is 5.59. The van der Waals surface area contributed by atoms with Crippen LogP contribution in [0.25, 0.3) is 0 Å². The van der Waals surface area contributed by atoms with Crippen molar-refractivity contribution >= 4 is 5.97 Å². The van der Waals surface area contributed by atoms with E-state index in [1.165, 1.54) is 13.2 Å². The number of hydrogen-bond donors (Lipinski definition) is 0. The molecule has 0 heterocycles. The van der Waals surface area contributed by atoms with Gasteiger partial charge in [-0.3, -0.25) is 4.79 Å². The van der Waals surface area contributed by atoms with Crippen LogP contribution in [0.1, 0.15) is 63.0 Å². The summed E-state index contributed by atoms with van der Waals surface area (Å²) in [6.45, 7) is 3.67. The molecule has 0 spiro atoms. The Kier molecular flexibility index (Phi) is 6.84. The van der Waals surface area contributed by atoms with Gasteiger partial charge in [-0.2, -0.15) is 0 Å². The lowest BCUT2D eigenvalue weighted by Crippen LogP contribution is -2.27. The molecule has 0 aliphatic heterocycles. The van der Waals surface area contributed by atoms with E-state index >= 15 is 0 Å². The van der Waals surface area contributed by atoms with Gasteiger partial charge in [-0.15, -0.1) is 0 Å². The van der Waals surface area contributed by atoms with E-state index in [-0.39, 0.29) is 6.42 Å². The van der Waals surface area contributed by atoms with Crippen molar-refractivity contribution in [3.8, 4) is 0 Å². The number of ether oxygens (including phenoxy) is 1. The SMILES string of the molecule is CCCCCc1c(F)c(F)c([C@@H]2C=C(C)CC[C@H]2C(=O)OC)c(F)c1F. The number of halogens is 4. The van der Waals surface area contributed by atoms with E-state index in [1.807, 2.05) is 6.92 Å². The molecule has 0 bridgehead atoms. The van der Waals surface area contributed by atoms with Crippen LogP contribution in [0.15, 0.2) is 11.6 Å². The van der Waals surface area contributed by atoms with Gasteiger partial charge in [0.05, 0.1) is 13.0 Å². The highest BCUT2D eigenvalue weighted by molar-refractivity contribution is 5.74. The molecule has 1 aromatic carbocycles. The van der Waals surface area contributed by atoms with Gasteiger partial charge in [-0.25, -0.2) is 17.6 Å². The Labute approximate surface area is 151 Å². The van der Waals surface area contributed by atoms with Crippen molar-refractivity contribution in [2.45, 2.75) is 58.3 Å². The summed E-state index contributed by atoms with van der Waals surface area (Å²) in [6.07, 6.45) is 4.26. The second-order valence-corrected chi connectivity index (χ2v) is 6.81. The maximum absolute atomic E-state index is 14.7. The first-order chi connectivity index (χ1) is 12.3. The van der Waals surface area contributed by atoms with Crippen LogP contribution in [0.5, 0.6) is 0 Å². The van der Waals surface area contributed by atoms with Crippen LogP contribution < -0.4 is 0 Å². The van der Waals surface area contributed by atoms with Gasteiger partial charge < -0.3 is 4.74 Å². The van der Waals surface area contributed by atoms with Gasteiger partial charge in [0.25, 0.3) is 0 Å². The Morgan fingerprint density at radius 2 is 1.73 bits per heavy atom. The standard InChI is InChI=1S/C20H24F4O2/c1-4-5-6-7-13-16(21)18(23)15(19(24)17(13)22)14-10-11(2)8-9-12(14)20(25)26-3/h10,12,14H,4-9H2,1-3H3/t12-,14-/m1/s1. The largest absolute Gasteiger partial charge is 0.469 e. The molecule has 1 aliphatic carbocycles. The van der Waals surface area contributed by atoms with E-state index in [4.69, 9.17) is 4.74 Å². The van der Waals surface area contributed by atoms with Crippen LogP contribution in [0.4, 0.5) is 17.6 Å². The Morgan fingerprint density at radius 3 is 2.27 bits per heavy atom. The van der Waals surface area contributed by atoms with Gasteiger partial charge in [-0.1, -0.05) is 31.4 Å². The van der Waals surface area contributed by atoms with E-state index in [1.54, 1.807) is 6.92 Å². The molecule has 2 atom stereocenters. The summed E-state index contributed by atoms with van der Waals surface area (Å²) in [5.41, 5.74) is -0.487. The number of carbonyl (C=O) groups is 1. The summed E-state index contributed by atoms with van der Waals surface area (Å²) in [5, 5.41) is 0. The first-order valence-electron chi connectivity index (χ1n) is 8.93. The van der Waals surface area contributed by atoms with Crippen LogP contribution >= 0.6 is 0 Å². The van der Waals surface area contributed by atoms with Crippen molar-refractivity contribution in [2.75, 3.05) is 7.11 Å². The average Bonchev–Trinajstić information content (AvgIpc) is 2.62. The summed E-state index contributed by atoms with van der Waals surface area (Å²) < 4.78 is 63.1. The normalized spacial score (nSPS) is 20.0. The maximum Gasteiger partial charge on any atom is 0.309 e. The second-order valence-electron chi connectivity index (χ2n) is 6.81. The molecule has 144 valence electrons. The predicted molar refractivity (Wildman–Crippen MR) is 90.7 cm³/mol. The van der Waals surface area contributed by atoms with Crippen LogP contribution in [0, 0.1) is 29.2 Å². The molecule has 26 heavy (non-hydrogen) atoms. The van der Waals surface area contributed by atoms with Crippen molar-refractivity contribution in [2.24, 2.45) is 5.92 Å². The van der Waals surface area contributed by atoms with Crippen molar-refractivity contribution in [1.29, 1.82) is 0 Å². The molecule has 6 heteroatoms. The minimum absolute atomic E-state index is 0.0699. The molecule has 0 aromatic heterocycles. The summed E-state index contributed by atoms with van der Waals surface area (Å²) in [5.74, 6) is -8.18. The van der Waals surface area contributed by atoms with Crippen LogP contribution in [-0.2, 0) is 16.0 Å². The van der Waals surface area contributed by atoms with Crippen molar-refractivity contribution < 1.29 is 27.1 Å². The first-order valence-corrected chi connectivity index (χ1v) is 8.93. The lowest BCUT2D eigenvalue weighted by molar-refractivity contribution is -0.146. The highest BCUT2D eigenvalue weighted by Gasteiger charge is 2.38. The molecule has 2 nitrogen and oxygen atoms in total. The fourth-order valence-electron chi connectivity index (χ4n) is 3.53. The quantitative estimate of drug-likeness (QED) is 0.214. The zero-order valence-electron chi connectivity index (χ0n) is 15.3. The molecular formula is C20H24F4O2. The van der Waals surface area contributed by atoms with Crippen molar-refractivity contribution in [3.63, 3.8) is 0 Å². The van der Waals surface area contributed by atoms with Crippen LogP contribution in [0.2, 0.25) is 0 Å². The summed E-state index contributed by atoms with van der Waals surface area (Å²) >= 11 is 0. The Balaban J connectivity index is 2.54. The monoisotopic (exact) mass is 372 g/mol. The number of hydrogen-bond acceptors (Lipinski definition) is 2. The fourth-order valence-corrected chi connectivity index (χ4v) is 3.53. The molecule has 1 aromatic rings. The highest BCUT2D eigenvalue weighted by Crippen LogP contribution is 2.41. The van der Waals surface area contributed by atoms with Gasteiger partial charge in [0.15, 0.2) is 23.3 Å². The lowest BCUT2D eigenvalue weighted by atomic mass is 9.76. The van der Waals surface area contributed by atoms with Gasteiger partial charge >= 0.3 is 5.97 Å². The Hall–Kier alpha value is -1.85. The summed E-state index contributed by atoms with van der Waals surface area (Å²) in [4.78, 5) is 12.0. The number of methoxy groups -OCH3 is 1.